The average molecular weight is 355 g/mol. The Balaban J connectivity index is 1.60. The first kappa shape index (κ1) is 18.3. The van der Waals surface area contributed by atoms with Gasteiger partial charge in [0.05, 0.1) is 12.6 Å². The first-order valence-electron chi connectivity index (χ1n) is 8.91. The van der Waals surface area contributed by atoms with E-state index < -0.39 is 12.2 Å². The highest BCUT2D eigenvalue weighted by atomic mass is 16.6. The maximum absolute atomic E-state index is 12.4. The molecule has 0 spiro atoms. The molecular weight excluding hydrogens is 330 g/mol. The fourth-order valence-corrected chi connectivity index (χ4v) is 3.01. The number of hydrogen-bond donors (Lipinski definition) is 1. The van der Waals surface area contributed by atoms with Gasteiger partial charge in [-0.2, -0.15) is 0 Å². The maximum atomic E-state index is 12.4. The Morgan fingerprint density at radius 3 is 2.69 bits per heavy atom. The molecule has 1 heterocycles. The lowest BCUT2D eigenvalue weighted by molar-refractivity contribution is -0.0247. The number of carbonyl (C=O) groups excluding carboxylic acids is 1. The highest BCUT2D eigenvalue weighted by Gasteiger charge is 2.32. The van der Waals surface area contributed by atoms with Crippen molar-refractivity contribution in [3.63, 3.8) is 0 Å². The van der Waals surface area contributed by atoms with Crippen LogP contribution < -0.4 is 4.74 Å². The van der Waals surface area contributed by atoms with E-state index >= 15 is 0 Å². The van der Waals surface area contributed by atoms with Gasteiger partial charge in [-0.3, -0.25) is 0 Å². The Hall–Kier alpha value is -2.53. The van der Waals surface area contributed by atoms with Crippen molar-refractivity contribution < 1.29 is 19.4 Å². The summed E-state index contributed by atoms with van der Waals surface area (Å²) in [6.45, 7) is 5.02. The van der Waals surface area contributed by atoms with Gasteiger partial charge in [0.15, 0.2) is 0 Å². The molecule has 5 heteroatoms. The molecule has 2 atom stereocenters. The Morgan fingerprint density at radius 2 is 1.92 bits per heavy atom. The zero-order chi connectivity index (χ0) is 18.5. The van der Waals surface area contributed by atoms with Gasteiger partial charge in [-0.1, -0.05) is 42.5 Å². The van der Waals surface area contributed by atoms with Gasteiger partial charge >= 0.3 is 6.09 Å². The summed E-state index contributed by atoms with van der Waals surface area (Å²) < 4.78 is 11.4. The van der Waals surface area contributed by atoms with Gasteiger partial charge in [0.25, 0.3) is 0 Å². The molecule has 1 saturated heterocycles. The third-order valence-corrected chi connectivity index (χ3v) is 4.82. The van der Waals surface area contributed by atoms with Crippen LogP contribution in [0.15, 0.2) is 48.5 Å². The predicted octanol–water partition coefficient (Wildman–Crippen LogP) is 3.45. The minimum Gasteiger partial charge on any atom is -0.486 e. The van der Waals surface area contributed by atoms with Gasteiger partial charge in [-0.05, 0) is 43.0 Å². The molecule has 0 aromatic heterocycles. The predicted molar refractivity (Wildman–Crippen MR) is 99.2 cm³/mol. The molecule has 26 heavy (non-hydrogen) atoms. The molecule has 3 rings (SSSR count). The number of rotatable bonds is 4. The van der Waals surface area contributed by atoms with Crippen LogP contribution in [-0.2, 0) is 11.3 Å². The molecule has 138 valence electrons. The average Bonchev–Trinajstić information content (AvgIpc) is 2.66. The normalized spacial score (nSPS) is 19.9. The van der Waals surface area contributed by atoms with Crippen molar-refractivity contribution >= 4 is 6.09 Å². The van der Waals surface area contributed by atoms with Crippen LogP contribution in [0.5, 0.6) is 5.75 Å². The molecule has 2 aromatic carbocycles. The van der Waals surface area contributed by atoms with Crippen molar-refractivity contribution in [2.24, 2.45) is 0 Å². The molecule has 0 saturated carbocycles. The number of likely N-dealkylation sites (tertiary alicyclic amines) is 1. The van der Waals surface area contributed by atoms with Crippen molar-refractivity contribution in [3.8, 4) is 5.75 Å². The number of amides is 1. The molecule has 2 aromatic rings. The highest BCUT2D eigenvalue weighted by molar-refractivity contribution is 5.67. The third kappa shape index (κ3) is 4.35. The van der Waals surface area contributed by atoms with Crippen LogP contribution in [-0.4, -0.2) is 41.4 Å². The van der Waals surface area contributed by atoms with Gasteiger partial charge in [0.1, 0.15) is 18.5 Å². The highest BCUT2D eigenvalue weighted by Crippen LogP contribution is 2.25. The van der Waals surface area contributed by atoms with Crippen molar-refractivity contribution in [3.05, 3.63) is 65.2 Å². The Labute approximate surface area is 154 Å². The first-order chi connectivity index (χ1) is 12.5. The maximum Gasteiger partial charge on any atom is 0.410 e. The number of hydrogen-bond acceptors (Lipinski definition) is 4. The fraction of sp³-hybridized carbons (Fsp3) is 0.381. The van der Waals surface area contributed by atoms with E-state index in [1.165, 1.54) is 0 Å². The van der Waals surface area contributed by atoms with Crippen molar-refractivity contribution in [2.45, 2.75) is 39.1 Å². The van der Waals surface area contributed by atoms with Crippen LogP contribution in [0.1, 0.15) is 23.1 Å². The lowest BCUT2D eigenvalue weighted by Crippen LogP contribution is -2.51. The van der Waals surface area contributed by atoms with Gasteiger partial charge in [-0.25, -0.2) is 4.79 Å². The smallest absolute Gasteiger partial charge is 0.410 e. The number of ether oxygens (including phenoxy) is 2. The fourth-order valence-electron chi connectivity index (χ4n) is 3.01. The first-order valence-corrected chi connectivity index (χ1v) is 8.91. The van der Waals surface area contributed by atoms with E-state index in [4.69, 9.17) is 9.47 Å². The lowest BCUT2D eigenvalue weighted by atomic mass is 10.0. The summed E-state index contributed by atoms with van der Waals surface area (Å²) in [4.78, 5) is 14.0. The van der Waals surface area contributed by atoms with Gasteiger partial charge in [0.2, 0.25) is 0 Å². The second-order valence-electron chi connectivity index (χ2n) is 6.70. The van der Waals surface area contributed by atoms with Crippen LogP contribution in [0.4, 0.5) is 4.79 Å². The number of aryl methyl sites for hydroxylation is 1. The van der Waals surface area contributed by atoms with Crippen molar-refractivity contribution in [1.29, 1.82) is 0 Å². The summed E-state index contributed by atoms with van der Waals surface area (Å²) in [5, 5.41) is 10.3. The second kappa shape index (κ2) is 8.23. The topological polar surface area (TPSA) is 59.0 Å². The largest absolute Gasteiger partial charge is 0.486 e. The number of carbonyl (C=O) groups is 1. The number of benzene rings is 2. The van der Waals surface area contributed by atoms with Crippen LogP contribution >= 0.6 is 0 Å². The Kier molecular flexibility index (Phi) is 5.78. The number of piperidine rings is 1. The molecule has 0 radical (unpaired) electrons. The van der Waals surface area contributed by atoms with Gasteiger partial charge in [-0.15, -0.1) is 0 Å². The molecule has 1 aliphatic heterocycles. The molecule has 1 fully saturated rings. The minimum absolute atomic E-state index is 0.237. The van der Waals surface area contributed by atoms with E-state index in [0.717, 1.165) is 22.4 Å². The van der Waals surface area contributed by atoms with Crippen LogP contribution in [0.2, 0.25) is 0 Å². The van der Waals surface area contributed by atoms with Crippen molar-refractivity contribution in [1.82, 2.24) is 4.90 Å². The summed E-state index contributed by atoms with van der Waals surface area (Å²) in [6.07, 6.45) is -0.979. The standard InChI is InChI=1S/C21H25NO4/c1-15-7-6-10-19(16(15)2)26-20-13-22(12-11-18(20)23)21(24)25-14-17-8-4-3-5-9-17/h3-10,18,20,23H,11-14H2,1-2H3/t18-,20-/m1/s1. The van der Waals surface area contributed by atoms with Crippen LogP contribution in [0.25, 0.3) is 0 Å². The van der Waals surface area contributed by atoms with Crippen LogP contribution in [0, 0.1) is 13.8 Å². The third-order valence-electron chi connectivity index (χ3n) is 4.82. The van der Waals surface area contributed by atoms with Gasteiger partial charge < -0.3 is 19.5 Å². The zero-order valence-electron chi connectivity index (χ0n) is 15.2. The SMILES string of the molecule is Cc1cccc(O[C@@H]2CN(C(=O)OCc3ccccc3)CC[C@H]2O)c1C. The molecule has 1 aliphatic rings. The summed E-state index contributed by atoms with van der Waals surface area (Å²) in [5.74, 6) is 0.744. The van der Waals surface area contributed by atoms with Gasteiger partial charge in [0, 0.05) is 6.54 Å². The van der Waals surface area contributed by atoms with E-state index in [9.17, 15) is 9.90 Å². The van der Waals surface area contributed by atoms with Crippen LogP contribution in [0.3, 0.4) is 0 Å². The lowest BCUT2D eigenvalue weighted by Gasteiger charge is -2.35. The van der Waals surface area contributed by atoms with E-state index in [-0.39, 0.29) is 12.7 Å². The monoisotopic (exact) mass is 355 g/mol. The molecule has 0 unspecified atom stereocenters. The number of aliphatic hydroxyl groups is 1. The quantitative estimate of drug-likeness (QED) is 0.913. The summed E-state index contributed by atoms with van der Waals surface area (Å²) in [7, 11) is 0. The Bertz CT molecular complexity index is 747. The van der Waals surface area contributed by atoms with E-state index in [0.29, 0.717) is 19.5 Å². The summed E-state index contributed by atoms with van der Waals surface area (Å²) in [6, 6.07) is 15.4. The van der Waals surface area contributed by atoms with Crippen molar-refractivity contribution in [2.75, 3.05) is 13.1 Å². The van der Waals surface area contributed by atoms with E-state index in [2.05, 4.69) is 0 Å². The summed E-state index contributed by atoms with van der Waals surface area (Å²) in [5.41, 5.74) is 3.12. The molecular formula is C21H25NO4. The Morgan fingerprint density at radius 1 is 1.15 bits per heavy atom. The second-order valence-corrected chi connectivity index (χ2v) is 6.70. The number of aliphatic hydroxyl groups excluding tert-OH is 1. The summed E-state index contributed by atoms with van der Waals surface area (Å²) >= 11 is 0. The zero-order valence-corrected chi connectivity index (χ0v) is 15.2. The number of nitrogens with zero attached hydrogens (tertiary/aromatic N) is 1. The molecule has 5 nitrogen and oxygen atoms in total. The molecule has 1 N–H and O–H groups in total. The molecule has 0 aliphatic carbocycles. The molecule has 1 amide bonds. The van der Waals surface area contributed by atoms with E-state index in [1.54, 1.807) is 4.90 Å². The minimum atomic E-state index is -0.604. The van der Waals surface area contributed by atoms with E-state index in [1.807, 2.05) is 62.4 Å². The molecule has 0 bridgehead atoms.